The van der Waals surface area contributed by atoms with E-state index in [1.807, 2.05) is 0 Å². The molecule has 4 nitrogen and oxygen atoms in total. The normalized spacial score (nSPS) is 12.1. The molecule has 33 heavy (non-hydrogen) atoms. The van der Waals surface area contributed by atoms with Crippen LogP contribution in [0.2, 0.25) is 0 Å². The minimum atomic E-state index is -4.72. The van der Waals surface area contributed by atoms with Gasteiger partial charge in [-0.15, -0.1) is 0 Å². The molecule has 0 aliphatic carbocycles. The second-order valence-electron chi connectivity index (χ2n) is 7.48. The quantitative estimate of drug-likeness (QED) is 0.320. The molecule has 164 valence electrons. The lowest BCUT2D eigenvalue weighted by Gasteiger charge is -2.37. The average molecular weight is 445 g/mol. The van der Waals surface area contributed by atoms with Crippen molar-refractivity contribution in [2.75, 3.05) is 0 Å². The summed E-state index contributed by atoms with van der Waals surface area (Å²) in [6, 6.07) is 25.4. The lowest BCUT2D eigenvalue weighted by molar-refractivity contribution is -0.237. The Labute approximate surface area is 187 Å². The second kappa shape index (κ2) is 8.09. The number of alkyl halides is 3. The van der Waals surface area contributed by atoms with E-state index < -0.39 is 11.8 Å². The molecule has 0 fully saturated rings. The molecule has 5 aromatic rings. The first-order valence-corrected chi connectivity index (χ1v) is 10.2. The van der Waals surface area contributed by atoms with E-state index in [4.69, 9.17) is 4.74 Å². The van der Waals surface area contributed by atoms with Crippen LogP contribution in [0.25, 0.3) is 16.9 Å². The van der Waals surface area contributed by atoms with Gasteiger partial charge in [0.15, 0.2) is 5.65 Å². The molecule has 3 aromatic carbocycles. The van der Waals surface area contributed by atoms with Crippen molar-refractivity contribution in [3.8, 4) is 17.0 Å². The van der Waals surface area contributed by atoms with Gasteiger partial charge in [-0.3, -0.25) is 0 Å². The van der Waals surface area contributed by atoms with Gasteiger partial charge in [0.2, 0.25) is 0 Å². The van der Waals surface area contributed by atoms with Crippen molar-refractivity contribution in [3.63, 3.8) is 0 Å². The zero-order valence-electron chi connectivity index (χ0n) is 17.3. The predicted octanol–water partition coefficient (Wildman–Crippen LogP) is 6.28. The van der Waals surface area contributed by atoms with Crippen molar-refractivity contribution in [1.29, 1.82) is 0 Å². The Morgan fingerprint density at radius 3 is 1.88 bits per heavy atom. The van der Waals surface area contributed by atoms with Crippen LogP contribution in [-0.4, -0.2) is 20.8 Å². The maximum absolute atomic E-state index is 14.8. The third-order valence-corrected chi connectivity index (χ3v) is 5.44. The van der Waals surface area contributed by atoms with E-state index in [0.29, 0.717) is 11.3 Å². The molecule has 5 rings (SSSR count). The Kier molecular flexibility index (Phi) is 5.09. The topological polar surface area (TPSA) is 39.4 Å². The molecule has 0 amide bonds. The SMILES string of the molecule is FC(F)(F)C(Oc1ccc(-c2ccn3nccc3n2)cc1)(c1ccccc1)c1ccccc1. The summed E-state index contributed by atoms with van der Waals surface area (Å²) in [5.41, 5.74) is -0.546. The minimum Gasteiger partial charge on any atom is -0.468 e. The van der Waals surface area contributed by atoms with Crippen LogP contribution in [0.4, 0.5) is 13.2 Å². The van der Waals surface area contributed by atoms with Gasteiger partial charge in [-0.25, -0.2) is 9.50 Å². The van der Waals surface area contributed by atoms with Gasteiger partial charge in [0.1, 0.15) is 5.75 Å². The molecule has 0 unspecified atom stereocenters. The number of benzene rings is 3. The maximum Gasteiger partial charge on any atom is 0.437 e. The van der Waals surface area contributed by atoms with Crippen LogP contribution in [0.3, 0.4) is 0 Å². The van der Waals surface area contributed by atoms with E-state index in [2.05, 4.69) is 10.1 Å². The van der Waals surface area contributed by atoms with Gasteiger partial charge in [0, 0.05) is 29.0 Å². The Balaban J connectivity index is 1.57. The average Bonchev–Trinajstić information content (AvgIpc) is 3.31. The van der Waals surface area contributed by atoms with Crippen LogP contribution in [0.5, 0.6) is 5.75 Å². The largest absolute Gasteiger partial charge is 0.468 e. The molecule has 2 heterocycles. The van der Waals surface area contributed by atoms with E-state index >= 15 is 0 Å². The molecular weight excluding hydrogens is 427 g/mol. The number of ether oxygens (including phenoxy) is 1. The van der Waals surface area contributed by atoms with Crippen LogP contribution >= 0.6 is 0 Å². The fourth-order valence-corrected chi connectivity index (χ4v) is 3.86. The lowest BCUT2D eigenvalue weighted by Crippen LogP contribution is -2.48. The van der Waals surface area contributed by atoms with Gasteiger partial charge in [0.25, 0.3) is 5.60 Å². The summed E-state index contributed by atoms with van der Waals surface area (Å²) in [7, 11) is 0. The van der Waals surface area contributed by atoms with Crippen molar-refractivity contribution in [3.05, 3.63) is 121 Å². The third kappa shape index (κ3) is 3.71. The lowest BCUT2D eigenvalue weighted by atomic mass is 9.85. The number of rotatable bonds is 5. The molecule has 0 saturated carbocycles. The molecule has 2 aromatic heterocycles. The smallest absolute Gasteiger partial charge is 0.437 e. The van der Waals surface area contributed by atoms with Gasteiger partial charge in [-0.1, -0.05) is 60.7 Å². The summed E-state index contributed by atoms with van der Waals surface area (Å²) in [6.45, 7) is 0. The van der Waals surface area contributed by atoms with E-state index in [1.165, 1.54) is 36.4 Å². The van der Waals surface area contributed by atoms with E-state index in [0.717, 1.165) is 5.56 Å². The molecular formula is C26H18F3N3O. The van der Waals surface area contributed by atoms with Crippen LogP contribution in [-0.2, 0) is 5.60 Å². The number of hydrogen-bond donors (Lipinski definition) is 0. The highest BCUT2D eigenvalue weighted by molar-refractivity contribution is 5.62. The molecule has 0 bridgehead atoms. The van der Waals surface area contributed by atoms with Crippen molar-refractivity contribution in [2.45, 2.75) is 11.8 Å². The van der Waals surface area contributed by atoms with E-state index in [1.54, 1.807) is 77.6 Å². The zero-order valence-corrected chi connectivity index (χ0v) is 17.3. The fourth-order valence-electron chi connectivity index (χ4n) is 3.86. The number of aromatic nitrogens is 3. The minimum absolute atomic E-state index is 0.000581. The third-order valence-electron chi connectivity index (χ3n) is 5.44. The van der Waals surface area contributed by atoms with Gasteiger partial charge >= 0.3 is 6.18 Å². The molecule has 0 radical (unpaired) electrons. The predicted molar refractivity (Wildman–Crippen MR) is 119 cm³/mol. The van der Waals surface area contributed by atoms with Crippen molar-refractivity contribution in [2.24, 2.45) is 0 Å². The first-order chi connectivity index (χ1) is 16.0. The summed E-state index contributed by atoms with van der Waals surface area (Å²) >= 11 is 0. The van der Waals surface area contributed by atoms with Crippen molar-refractivity contribution >= 4 is 5.65 Å². The van der Waals surface area contributed by atoms with Crippen molar-refractivity contribution in [1.82, 2.24) is 14.6 Å². The highest BCUT2D eigenvalue weighted by Gasteiger charge is 2.60. The maximum atomic E-state index is 14.8. The molecule has 0 aliphatic heterocycles. The van der Waals surface area contributed by atoms with Gasteiger partial charge < -0.3 is 4.74 Å². The Morgan fingerprint density at radius 1 is 0.697 bits per heavy atom. The van der Waals surface area contributed by atoms with Crippen molar-refractivity contribution < 1.29 is 17.9 Å². The summed E-state index contributed by atoms with van der Waals surface area (Å²) in [5, 5.41) is 4.12. The second-order valence-corrected chi connectivity index (χ2v) is 7.48. The monoisotopic (exact) mass is 445 g/mol. The summed E-state index contributed by atoms with van der Waals surface area (Å²) in [5.74, 6) is 0.0919. The summed E-state index contributed by atoms with van der Waals surface area (Å²) < 4.78 is 51.7. The standard InChI is InChI=1S/C26H18F3N3O/c27-26(28,29)25(20-7-3-1-4-8-20,21-9-5-2-6-10-21)33-22-13-11-19(12-14-22)23-16-18-32-24(31-23)15-17-30-32/h1-18H. The molecule has 0 saturated heterocycles. The number of nitrogens with zero attached hydrogens (tertiary/aromatic N) is 3. The molecule has 0 aliphatic rings. The summed E-state index contributed by atoms with van der Waals surface area (Å²) in [4.78, 5) is 4.52. The Bertz CT molecular complexity index is 1330. The first-order valence-electron chi connectivity index (χ1n) is 10.2. The van der Waals surface area contributed by atoms with Crippen LogP contribution in [0, 0.1) is 0 Å². The fraction of sp³-hybridized carbons (Fsp3) is 0.0769. The molecule has 7 heteroatoms. The molecule has 0 spiro atoms. The van der Waals surface area contributed by atoms with Crippen LogP contribution in [0.1, 0.15) is 11.1 Å². The number of fused-ring (bicyclic) bond motifs is 1. The molecule has 0 atom stereocenters. The molecule has 0 N–H and O–H groups in total. The number of hydrogen-bond acceptors (Lipinski definition) is 3. The van der Waals surface area contributed by atoms with Crippen LogP contribution < -0.4 is 4.74 Å². The Morgan fingerprint density at radius 2 is 1.30 bits per heavy atom. The van der Waals surface area contributed by atoms with Crippen LogP contribution in [0.15, 0.2) is 109 Å². The van der Waals surface area contributed by atoms with Gasteiger partial charge in [-0.2, -0.15) is 18.3 Å². The zero-order chi connectivity index (χ0) is 22.9. The Hall–Kier alpha value is -4.13. The highest BCUT2D eigenvalue weighted by atomic mass is 19.4. The highest BCUT2D eigenvalue weighted by Crippen LogP contribution is 2.47. The van der Waals surface area contributed by atoms with Gasteiger partial charge in [-0.05, 0) is 30.3 Å². The van der Waals surface area contributed by atoms with E-state index in [-0.39, 0.29) is 16.9 Å². The van der Waals surface area contributed by atoms with E-state index in [9.17, 15) is 13.2 Å². The summed E-state index contributed by atoms with van der Waals surface area (Å²) in [6.07, 6.45) is -1.29. The first kappa shape index (κ1) is 20.8. The number of halogens is 3. The van der Waals surface area contributed by atoms with Gasteiger partial charge in [0.05, 0.1) is 11.9 Å².